The number of amides is 2. The minimum Gasteiger partial charge on any atom is -0.467 e. The highest BCUT2D eigenvalue weighted by Crippen LogP contribution is 2.21. The van der Waals surface area contributed by atoms with E-state index in [0.29, 0.717) is 42.3 Å². The van der Waals surface area contributed by atoms with Gasteiger partial charge in [-0.15, -0.1) is 11.8 Å². The fraction of sp³-hybridized carbons (Fsp3) is 0.429. The van der Waals surface area contributed by atoms with Crippen molar-refractivity contribution < 1.29 is 19.1 Å². The van der Waals surface area contributed by atoms with Gasteiger partial charge in [0.25, 0.3) is 0 Å². The second kappa shape index (κ2) is 19.1. The lowest BCUT2D eigenvalue weighted by Crippen LogP contribution is -2.51. The smallest absolute Gasteiger partial charge is 0.328 e. The number of carbonyl (C=O) groups excluding carboxylic acids is 3. The van der Waals surface area contributed by atoms with Crippen molar-refractivity contribution in [3.8, 4) is 6.07 Å². The number of nitrogens with zero attached hydrogens (tertiary/aromatic N) is 2. The van der Waals surface area contributed by atoms with E-state index in [4.69, 9.17) is 10.00 Å². The first-order valence-electron chi connectivity index (χ1n) is 15.2. The zero-order valence-corrected chi connectivity index (χ0v) is 28.2. The van der Waals surface area contributed by atoms with Gasteiger partial charge in [-0.2, -0.15) is 17.0 Å². The molecule has 8 nitrogen and oxygen atoms in total. The van der Waals surface area contributed by atoms with Crippen LogP contribution in [0.2, 0.25) is 0 Å². The van der Waals surface area contributed by atoms with Gasteiger partial charge in [-0.25, -0.2) is 4.79 Å². The second-order valence-corrected chi connectivity index (χ2v) is 13.1. The van der Waals surface area contributed by atoms with Crippen molar-refractivity contribution in [2.45, 2.75) is 51.1 Å². The highest BCUT2D eigenvalue weighted by Gasteiger charge is 2.26. The predicted octanol–water partition coefficient (Wildman–Crippen LogP) is 5.39. The average molecular weight is 649 g/mol. The molecule has 2 N–H and O–H groups in total. The van der Waals surface area contributed by atoms with E-state index in [9.17, 15) is 14.4 Å². The molecule has 0 saturated carbocycles. The summed E-state index contributed by atoms with van der Waals surface area (Å²) in [5.74, 6) is 1.06. The van der Waals surface area contributed by atoms with Crippen LogP contribution in [0.5, 0.6) is 0 Å². The molecule has 0 radical (unpaired) electrons. The number of hydrogen-bond acceptors (Lipinski definition) is 8. The Bertz CT molecular complexity index is 1440. The normalized spacial score (nSPS) is 13.1. The van der Waals surface area contributed by atoms with Crippen LogP contribution in [0.3, 0.4) is 0 Å². The molecule has 0 saturated heterocycles. The second-order valence-electron chi connectivity index (χ2n) is 11.1. The molecule has 1 unspecified atom stereocenters. The molecule has 0 aromatic heterocycles. The average Bonchev–Trinajstić information content (AvgIpc) is 3.06. The number of nitrogens with one attached hydrogen (secondary N) is 2. The maximum Gasteiger partial charge on any atom is 0.328 e. The fourth-order valence-corrected chi connectivity index (χ4v) is 6.31. The molecule has 0 spiro atoms. The van der Waals surface area contributed by atoms with E-state index in [1.807, 2.05) is 36.6 Å². The van der Waals surface area contributed by atoms with Crippen LogP contribution in [0, 0.1) is 17.2 Å². The third-order valence-corrected chi connectivity index (χ3v) is 9.44. The van der Waals surface area contributed by atoms with Gasteiger partial charge in [0.05, 0.1) is 31.0 Å². The van der Waals surface area contributed by atoms with E-state index in [2.05, 4.69) is 59.7 Å². The van der Waals surface area contributed by atoms with Gasteiger partial charge in [0.15, 0.2) is 0 Å². The van der Waals surface area contributed by atoms with E-state index < -0.39 is 12.0 Å². The topological polar surface area (TPSA) is 112 Å². The maximum absolute atomic E-state index is 13.4. The highest BCUT2D eigenvalue weighted by atomic mass is 32.2. The van der Waals surface area contributed by atoms with E-state index in [1.54, 1.807) is 23.9 Å². The molecule has 45 heavy (non-hydrogen) atoms. The summed E-state index contributed by atoms with van der Waals surface area (Å²) in [6, 6.07) is 22.9. The summed E-state index contributed by atoms with van der Waals surface area (Å²) in [5.41, 5.74) is 2.75. The predicted molar refractivity (Wildman–Crippen MR) is 185 cm³/mol. The summed E-state index contributed by atoms with van der Waals surface area (Å²) in [4.78, 5) is 41.0. The summed E-state index contributed by atoms with van der Waals surface area (Å²) < 4.78 is 4.95. The summed E-state index contributed by atoms with van der Waals surface area (Å²) in [6.07, 6.45) is 3.29. The minimum absolute atomic E-state index is 0.0590. The summed E-state index contributed by atoms with van der Waals surface area (Å²) in [7, 11) is 1.33. The van der Waals surface area contributed by atoms with Crippen molar-refractivity contribution in [3.05, 3.63) is 83.4 Å². The lowest BCUT2D eigenvalue weighted by molar-refractivity contribution is -0.145. The van der Waals surface area contributed by atoms with Crippen LogP contribution in [0.25, 0.3) is 10.8 Å². The Balaban J connectivity index is 1.75. The molecule has 0 fully saturated rings. The van der Waals surface area contributed by atoms with Gasteiger partial charge in [-0.05, 0) is 58.4 Å². The fourth-order valence-electron chi connectivity index (χ4n) is 5.04. The molecule has 3 aromatic carbocycles. The van der Waals surface area contributed by atoms with Crippen molar-refractivity contribution in [2.24, 2.45) is 5.92 Å². The van der Waals surface area contributed by atoms with E-state index in [0.717, 1.165) is 28.3 Å². The lowest BCUT2D eigenvalue weighted by atomic mass is 9.97. The first-order chi connectivity index (χ1) is 21.8. The van der Waals surface area contributed by atoms with Crippen LogP contribution in [-0.4, -0.2) is 72.7 Å². The third-order valence-electron chi connectivity index (χ3n) is 7.79. The highest BCUT2D eigenvalue weighted by molar-refractivity contribution is 7.99. The van der Waals surface area contributed by atoms with Crippen LogP contribution in [0.4, 0.5) is 0 Å². The molecule has 0 aliphatic carbocycles. The minimum atomic E-state index is -0.715. The molecule has 3 atom stereocenters. The lowest BCUT2D eigenvalue weighted by Gasteiger charge is -2.31. The summed E-state index contributed by atoms with van der Waals surface area (Å²) >= 11 is 3.13. The van der Waals surface area contributed by atoms with Crippen molar-refractivity contribution in [1.29, 1.82) is 5.26 Å². The monoisotopic (exact) mass is 648 g/mol. The van der Waals surface area contributed by atoms with E-state index in [-0.39, 0.29) is 30.3 Å². The maximum atomic E-state index is 13.4. The largest absolute Gasteiger partial charge is 0.467 e. The molecular formula is C35H44N4O4S2. The number of thioether (sulfide) groups is 2. The van der Waals surface area contributed by atoms with E-state index >= 15 is 0 Å². The zero-order valence-electron chi connectivity index (χ0n) is 26.6. The molecule has 3 rings (SSSR count). The first-order valence-corrected chi connectivity index (χ1v) is 17.7. The van der Waals surface area contributed by atoms with Crippen LogP contribution in [-0.2, 0) is 31.4 Å². The van der Waals surface area contributed by atoms with Gasteiger partial charge in [0.1, 0.15) is 6.04 Å². The van der Waals surface area contributed by atoms with Gasteiger partial charge >= 0.3 is 5.97 Å². The number of esters is 1. The Labute approximate surface area is 275 Å². The van der Waals surface area contributed by atoms with Crippen molar-refractivity contribution in [3.63, 3.8) is 0 Å². The Hall–Kier alpha value is -3.52. The van der Waals surface area contributed by atoms with Crippen molar-refractivity contribution in [1.82, 2.24) is 15.5 Å². The standard InChI is InChI=1S/C35H44N4O4S2/c1-5-25(2)32(38-34(41)24-45-23-27-15-13-26(19-36)14-16-27)21-39(20-29-11-8-10-28-9-6-7-12-30(28)29)22-33(40)37-31(17-18-44-4)35(42)43-3/h6-16,25,31-32H,5,17-18,20-24H2,1-4H3,(H,37,40)(H,38,41)/t25?,31-,32+/m0/s1. The Morgan fingerprint density at radius 2 is 1.73 bits per heavy atom. The molecule has 10 heteroatoms. The van der Waals surface area contributed by atoms with Gasteiger partial charge in [0.2, 0.25) is 11.8 Å². The molecule has 2 amide bonds. The first kappa shape index (κ1) is 36.0. The Kier molecular flexibility index (Phi) is 15.3. The number of carbonyl (C=O) groups is 3. The third kappa shape index (κ3) is 11.7. The van der Waals surface area contributed by atoms with Crippen LogP contribution in [0.15, 0.2) is 66.7 Å². The number of hydrogen-bond donors (Lipinski definition) is 2. The number of rotatable bonds is 18. The van der Waals surface area contributed by atoms with Gasteiger partial charge in [-0.3, -0.25) is 14.5 Å². The number of nitriles is 1. The SMILES string of the molecule is CCC(C)[C@@H](CN(CC(=O)N[C@@H](CCSC)C(=O)OC)Cc1cccc2ccccc12)NC(=O)CSCc1ccc(C#N)cc1. The van der Waals surface area contributed by atoms with Crippen LogP contribution < -0.4 is 10.6 Å². The number of ether oxygens (including phenoxy) is 1. The molecule has 0 heterocycles. The van der Waals surface area contributed by atoms with Crippen LogP contribution in [0.1, 0.15) is 43.4 Å². The summed E-state index contributed by atoms with van der Waals surface area (Å²) in [5, 5.41) is 17.4. The summed E-state index contributed by atoms with van der Waals surface area (Å²) in [6.45, 7) is 5.23. The number of benzene rings is 3. The van der Waals surface area contributed by atoms with Crippen LogP contribution >= 0.6 is 23.5 Å². The van der Waals surface area contributed by atoms with E-state index in [1.165, 1.54) is 18.9 Å². The Morgan fingerprint density at radius 1 is 1.00 bits per heavy atom. The van der Waals surface area contributed by atoms with Crippen molar-refractivity contribution in [2.75, 3.05) is 38.0 Å². The molecule has 0 bridgehead atoms. The Morgan fingerprint density at radius 3 is 2.42 bits per heavy atom. The number of methoxy groups -OCH3 is 1. The zero-order chi connectivity index (χ0) is 32.6. The molecule has 3 aromatic rings. The van der Waals surface area contributed by atoms with Gasteiger partial charge < -0.3 is 15.4 Å². The molecular weight excluding hydrogens is 605 g/mol. The molecule has 0 aliphatic heterocycles. The molecule has 0 aliphatic rings. The van der Waals surface area contributed by atoms with Gasteiger partial charge in [0, 0.05) is 24.9 Å². The quantitative estimate of drug-likeness (QED) is 0.177. The molecule has 240 valence electrons. The van der Waals surface area contributed by atoms with Gasteiger partial charge in [-0.1, -0.05) is 74.9 Å². The number of fused-ring (bicyclic) bond motifs is 1. The van der Waals surface area contributed by atoms with Crippen molar-refractivity contribution >= 4 is 52.1 Å².